The summed E-state index contributed by atoms with van der Waals surface area (Å²) in [7, 11) is 1.66. The van der Waals surface area contributed by atoms with E-state index in [1.54, 1.807) is 11.9 Å². The summed E-state index contributed by atoms with van der Waals surface area (Å²) in [6, 6.07) is 7.76. The lowest BCUT2D eigenvalue weighted by molar-refractivity contribution is -0.144. The zero-order chi connectivity index (χ0) is 17.3. The first kappa shape index (κ1) is 17.0. The van der Waals surface area contributed by atoms with Gasteiger partial charge in [-0.15, -0.1) is 0 Å². The van der Waals surface area contributed by atoms with Crippen LogP contribution in [0.4, 0.5) is 5.69 Å². The molecular weight excluding hydrogens is 304 g/mol. The van der Waals surface area contributed by atoms with E-state index < -0.39 is 11.8 Å². The van der Waals surface area contributed by atoms with Gasteiger partial charge in [0.25, 0.3) is 0 Å². The highest BCUT2D eigenvalue weighted by atomic mass is 16.3. The third kappa shape index (κ3) is 3.18. The summed E-state index contributed by atoms with van der Waals surface area (Å²) in [5, 5.41) is 10.1. The molecule has 1 aliphatic carbocycles. The van der Waals surface area contributed by atoms with Crippen molar-refractivity contribution in [2.45, 2.75) is 44.6 Å². The highest BCUT2D eigenvalue weighted by molar-refractivity contribution is 6.40. The first-order chi connectivity index (χ1) is 11.5. The van der Waals surface area contributed by atoms with Gasteiger partial charge in [0.2, 0.25) is 0 Å². The fourth-order valence-electron chi connectivity index (χ4n) is 3.93. The van der Waals surface area contributed by atoms with Crippen LogP contribution in [-0.4, -0.2) is 48.1 Å². The highest BCUT2D eigenvalue weighted by Crippen LogP contribution is 2.35. The van der Waals surface area contributed by atoms with Crippen molar-refractivity contribution < 1.29 is 14.7 Å². The highest BCUT2D eigenvalue weighted by Gasteiger charge is 2.35. The maximum Gasteiger partial charge on any atom is 0.316 e. The number of hydrogen-bond donors (Lipinski definition) is 1. The van der Waals surface area contributed by atoms with Crippen LogP contribution >= 0.6 is 0 Å². The van der Waals surface area contributed by atoms with Gasteiger partial charge in [0.1, 0.15) is 0 Å². The molecule has 1 fully saturated rings. The molecule has 1 aromatic rings. The smallest absolute Gasteiger partial charge is 0.316 e. The SMILES string of the molecule is CC1CN(C(=O)C(=O)N(C)CC2CCCCC2O)c2ccccc21. The number of para-hydroxylation sites is 1. The lowest BCUT2D eigenvalue weighted by Gasteiger charge is -2.31. The molecule has 1 heterocycles. The second kappa shape index (κ2) is 6.93. The first-order valence-corrected chi connectivity index (χ1v) is 8.83. The fourth-order valence-corrected chi connectivity index (χ4v) is 3.93. The molecule has 0 radical (unpaired) electrons. The maximum atomic E-state index is 12.7. The lowest BCUT2D eigenvalue weighted by Crippen LogP contribution is -2.46. The molecule has 1 saturated carbocycles. The van der Waals surface area contributed by atoms with E-state index in [1.165, 1.54) is 4.90 Å². The van der Waals surface area contributed by atoms with E-state index in [9.17, 15) is 14.7 Å². The zero-order valence-electron chi connectivity index (χ0n) is 14.4. The van der Waals surface area contributed by atoms with Gasteiger partial charge in [0.15, 0.2) is 0 Å². The molecule has 1 aliphatic heterocycles. The Morgan fingerprint density at radius 3 is 2.71 bits per heavy atom. The van der Waals surface area contributed by atoms with Crippen LogP contribution < -0.4 is 4.90 Å². The summed E-state index contributed by atoms with van der Waals surface area (Å²) in [6.45, 7) is 3.05. The average Bonchev–Trinajstić information content (AvgIpc) is 2.93. The van der Waals surface area contributed by atoms with Crippen molar-refractivity contribution in [1.82, 2.24) is 4.90 Å². The summed E-state index contributed by atoms with van der Waals surface area (Å²) >= 11 is 0. The first-order valence-electron chi connectivity index (χ1n) is 8.83. The molecule has 3 unspecified atom stereocenters. The number of aliphatic hydroxyl groups is 1. The van der Waals surface area contributed by atoms with Crippen LogP contribution in [0.3, 0.4) is 0 Å². The Morgan fingerprint density at radius 2 is 1.96 bits per heavy atom. The fraction of sp³-hybridized carbons (Fsp3) is 0.579. The normalized spacial score (nSPS) is 26.1. The number of nitrogens with zero attached hydrogens (tertiary/aromatic N) is 2. The van der Waals surface area contributed by atoms with Crippen LogP contribution in [0, 0.1) is 5.92 Å². The third-order valence-electron chi connectivity index (χ3n) is 5.37. The quantitative estimate of drug-likeness (QED) is 0.845. The van der Waals surface area contributed by atoms with Crippen LogP contribution in [0.2, 0.25) is 0 Å². The maximum absolute atomic E-state index is 12.7. The van der Waals surface area contributed by atoms with Crippen molar-refractivity contribution in [2.75, 3.05) is 25.0 Å². The third-order valence-corrected chi connectivity index (χ3v) is 5.37. The summed E-state index contributed by atoms with van der Waals surface area (Å²) in [6.07, 6.45) is 3.45. The van der Waals surface area contributed by atoms with E-state index in [0.29, 0.717) is 13.1 Å². The van der Waals surface area contributed by atoms with E-state index in [4.69, 9.17) is 0 Å². The molecule has 0 aromatic heterocycles. The number of benzene rings is 1. The number of carbonyl (C=O) groups excluding carboxylic acids is 2. The van der Waals surface area contributed by atoms with Gasteiger partial charge in [-0.05, 0) is 24.5 Å². The Bertz CT molecular complexity index is 631. The van der Waals surface area contributed by atoms with E-state index in [1.807, 2.05) is 24.3 Å². The number of amides is 2. The van der Waals surface area contributed by atoms with E-state index >= 15 is 0 Å². The minimum atomic E-state index is -0.489. The second-order valence-electron chi connectivity index (χ2n) is 7.17. The van der Waals surface area contributed by atoms with Crippen molar-refractivity contribution in [3.63, 3.8) is 0 Å². The molecule has 2 amide bonds. The lowest BCUT2D eigenvalue weighted by atomic mass is 9.86. The molecule has 1 N–H and O–H groups in total. The standard InChI is InChI=1S/C19H26N2O3/c1-13-11-21(16-9-5-4-8-15(13)16)19(24)18(23)20(2)12-14-7-3-6-10-17(14)22/h4-5,8-9,13-14,17,22H,3,6-7,10-12H2,1-2H3. The molecule has 2 aliphatic rings. The molecule has 130 valence electrons. The summed E-state index contributed by atoms with van der Waals surface area (Å²) in [5.74, 6) is -0.648. The number of carbonyl (C=O) groups is 2. The number of anilines is 1. The number of aliphatic hydroxyl groups excluding tert-OH is 1. The molecule has 5 heteroatoms. The Hall–Kier alpha value is -1.88. The Kier molecular flexibility index (Phi) is 4.90. The Morgan fingerprint density at radius 1 is 1.25 bits per heavy atom. The van der Waals surface area contributed by atoms with E-state index in [-0.39, 0.29) is 17.9 Å². The largest absolute Gasteiger partial charge is 0.393 e. The molecule has 24 heavy (non-hydrogen) atoms. The number of likely N-dealkylation sites (N-methyl/N-ethyl adjacent to an activating group) is 1. The molecule has 3 rings (SSSR count). The molecule has 0 saturated heterocycles. The molecular formula is C19H26N2O3. The zero-order valence-corrected chi connectivity index (χ0v) is 14.4. The number of fused-ring (bicyclic) bond motifs is 1. The van der Waals surface area contributed by atoms with Crippen LogP contribution in [0.25, 0.3) is 0 Å². The van der Waals surface area contributed by atoms with Crippen LogP contribution in [-0.2, 0) is 9.59 Å². The van der Waals surface area contributed by atoms with Gasteiger partial charge in [0, 0.05) is 37.7 Å². The topological polar surface area (TPSA) is 60.9 Å². The summed E-state index contributed by atoms with van der Waals surface area (Å²) in [5.41, 5.74) is 1.96. The molecule has 5 nitrogen and oxygen atoms in total. The van der Waals surface area contributed by atoms with Gasteiger partial charge in [-0.3, -0.25) is 9.59 Å². The monoisotopic (exact) mass is 330 g/mol. The van der Waals surface area contributed by atoms with E-state index in [2.05, 4.69) is 6.92 Å². The number of hydrogen-bond acceptors (Lipinski definition) is 3. The summed E-state index contributed by atoms with van der Waals surface area (Å²) in [4.78, 5) is 28.3. The van der Waals surface area contributed by atoms with Crippen molar-refractivity contribution >= 4 is 17.5 Å². The molecule has 3 atom stereocenters. The predicted molar refractivity (Wildman–Crippen MR) is 92.8 cm³/mol. The minimum Gasteiger partial charge on any atom is -0.393 e. The predicted octanol–water partition coefficient (Wildman–Crippen LogP) is 2.15. The van der Waals surface area contributed by atoms with Gasteiger partial charge in [-0.2, -0.15) is 0 Å². The molecule has 0 spiro atoms. The number of rotatable bonds is 2. The van der Waals surface area contributed by atoms with E-state index in [0.717, 1.165) is 36.9 Å². The van der Waals surface area contributed by atoms with Gasteiger partial charge < -0.3 is 14.9 Å². The van der Waals surface area contributed by atoms with Gasteiger partial charge in [0.05, 0.1) is 6.10 Å². The second-order valence-corrected chi connectivity index (χ2v) is 7.17. The van der Waals surface area contributed by atoms with Crippen LogP contribution in [0.1, 0.15) is 44.1 Å². The van der Waals surface area contributed by atoms with Crippen LogP contribution in [0.5, 0.6) is 0 Å². The van der Waals surface area contributed by atoms with Crippen molar-refractivity contribution in [1.29, 1.82) is 0 Å². The average molecular weight is 330 g/mol. The van der Waals surface area contributed by atoms with Gasteiger partial charge in [-0.1, -0.05) is 38.0 Å². The Balaban J connectivity index is 1.68. The summed E-state index contributed by atoms with van der Waals surface area (Å²) < 4.78 is 0. The van der Waals surface area contributed by atoms with Gasteiger partial charge in [-0.25, -0.2) is 0 Å². The van der Waals surface area contributed by atoms with Crippen molar-refractivity contribution in [3.05, 3.63) is 29.8 Å². The molecule has 1 aromatic carbocycles. The van der Waals surface area contributed by atoms with Crippen LogP contribution in [0.15, 0.2) is 24.3 Å². The minimum absolute atomic E-state index is 0.0743. The molecule has 0 bridgehead atoms. The van der Waals surface area contributed by atoms with Crippen molar-refractivity contribution in [2.24, 2.45) is 5.92 Å². The van der Waals surface area contributed by atoms with Crippen molar-refractivity contribution in [3.8, 4) is 0 Å². The Labute approximate surface area is 143 Å². The van der Waals surface area contributed by atoms with Gasteiger partial charge >= 0.3 is 11.8 Å².